The number of methoxy groups -OCH3 is 1. The van der Waals surface area contributed by atoms with Crippen molar-refractivity contribution in [1.29, 1.82) is 0 Å². The lowest BCUT2D eigenvalue weighted by atomic mass is 10.2. The molecule has 0 aliphatic heterocycles. The number of carbonyl (C=O) groups is 1. The number of rotatable bonds is 7. The highest BCUT2D eigenvalue weighted by molar-refractivity contribution is 7.22. The van der Waals surface area contributed by atoms with Gasteiger partial charge in [0, 0.05) is 31.0 Å². The van der Waals surface area contributed by atoms with Crippen molar-refractivity contribution in [3.05, 3.63) is 72.8 Å². The highest BCUT2D eigenvalue weighted by atomic mass is 32.1. The molecule has 0 unspecified atom stereocenters. The van der Waals surface area contributed by atoms with Crippen LogP contribution in [-0.2, 0) is 6.54 Å². The van der Waals surface area contributed by atoms with Crippen molar-refractivity contribution in [3.8, 4) is 5.75 Å². The molecular formula is C21H20N4O2S. The summed E-state index contributed by atoms with van der Waals surface area (Å²) in [6, 6.07) is 15.1. The molecule has 142 valence electrons. The molecule has 4 aromatic rings. The first-order valence-electron chi connectivity index (χ1n) is 9.02. The molecule has 2 aromatic carbocycles. The van der Waals surface area contributed by atoms with Gasteiger partial charge in [-0.25, -0.2) is 9.97 Å². The zero-order valence-corrected chi connectivity index (χ0v) is 16.3. The average molecular weight is 392 g/mol. The predicted molar refractivity (Wildman–Crippen MR) is 111 cm³/mol. The summed E-state index contributed by atoms with van der Waals surface area (Å²) in [6.07, 6.45) is 6.26. The second-order valence-corrected chi connectivity index (χ2v) is 7.29. The van der Waals surface area contributed by atoms with E-state index in [1.54, 1.807) is 24.5 Å². The number of hydrogen-bond donors (Lipinski definition) is 0. The standard InChI is InChI=1S/C21H20N4O2S/c1-27-17-9-5-10-18-19(17)23-21(28-18)25(13-6-12-24-14-11-22-15-24)20(26)16-7-3-2-4-8-16/h2-5,7-11,14-15H,6,12-13H2,1H3. The molecule has 0 saturated heterocycles. The van der Waals surface area contributed by atoms with Gasteiger partial charge < -0.3 is 9.30 Å². The quantitative estimate of drug-likeness (QED) is 0.472. The molecular weight excluding hydrogens is 372 g/mol. The molecule has 0 fully saturated rings. The number of imidazole rings is 1. The summed E-state index contributed by atoms with van der Waals surface area (Å²) in [6.45, 7) is 1.35. The van der Waals surface area contributed by atoms with Crippen molar-refractivity contribution in [2.75, 3.05) is 18.6 Å². The first-order chi connectivity index (χ1) is 13.8. The Kier molecular flexibility index (Phi) is 5.34. The van der Waals surface area contributed by atoms with E-state index in [2.05, 4.69) is 4.98 Å². The van der Waals surface area contributed by atoms with Crippen LogP contribution in [0.5, 0.6) is 5.75 Å². The van der Waals surface area contributed by atoms with Gasteiger partial charge in [-0.3, -0.25) is 9.69 Å². The molecule has 0 aliphatic rings. The number of anilines is 1. The minimum absolute atomic E-state index is 0.0516. The van der Waals surface area contributed by atoms with E-state index in [4.69, 9.17) is 9.72 Å². The molecule has 0 atom stereocenters. The van der Waals surface area contributed by atoms with E-state index in [1.165, 1.54) is 11.3 Å². The molecule has 0 spiro atoms. The van der Waals surface area contributed by atoms with Gasteiger partial charge in [-0.15, -0.1) is 0 Å². The number of aryl methyl sites for hydroxylation is 1. The predicted octanol–water partition coefficient (Wildman–Crippen LogP) is 4.24. The first kappa shape index (κ1) is 18.2. The summed E-state index contributed by atoms with van der Waals surface area (Å²) in [4.78, 5) is 23.8. The van der Waals surface area contributed by atoms with Gasteiger partial charge in [-0.05, 0) is 30.7 Å². The van der Waals surface area contributed by atoms with Crippen molar-refractivity contribution >= 4 is 32.6 Å². The van der Waals surface area contributed by atoms with E-state index in [-0.39, 0.29) is 5.91 Å². The SMILES string of the molecule is COc1cccc2sc(N(CCCn3ccnc3)C(=O)c3ccccc3)nc12. The molecule has 7 heteroatoms. The van der Waals surface area contributed by atoms with Crippen LogP contribution in [0, 0.1) is 0 Å². The number of nitrogens with zero attached hydrogens (tertiary/aromatic N) is 4. The minimum Gasteiger partial charge on any atom is -0.494 e. The highest BCUT2D eigenvalue weighted by Gasteiger charge is 2.21. The summed E-state index contributed by atoms with van der Waals surface area (Å²) in [5.74, 6) is 0.662. The number of benzene rings is 2. The van der Waals surface area contributed by atoms with Gasteiger partial charge in [0.1, 0.15) is 11.3 Å². The summed E-state index contributed by atoms with van der Waals surface area (Å²) < 4.78 is 8.43. The van der Waals surface area contributed by atoms with E-state index in [0.717, 1.165) is 23.2 Å². The maximum atomic E-state index is 13.2. The Bertz CT molecular complexity index is 1060. The Hall–Kier alpha value is -3.19. The summed E-state index contributed by atoms with van der Waals surface area (Å²) in [7, 11) is 1.63. The van der Waals surface area contributed by atoms with Crippen LogP contribution in [0.15, 0.2) is 67.3 Å². The maximum absolute atomic E-state index is 13.2. The van der Waals surface area contributed by atoms with Crippen molar-refractivity contribution < 1.29 is 9.53 Å². The molecule has 0 aliphatic carbocycles. The third-order valence-electron chi connectivity index (χ3n) is 4.44. The number of carbonyl (C=O) groups excluding carboxylic acids is 1. The Morgan fingerprint density at radius 2 is 2.04 bits per heavy atom. The highest BCUT2D eigenvalue weighted by Crippen LogP contribution is 2.34. The number of aromatic nitrogens is 3. The van der Waals surface area contributed by atoms with Gasteiger partial charge in [-0.1, -0.05) is 35.6 Å². The van der Waals surface area contributed by atoms with E-state index in [0.29, 0.717) is 23.0 Å². The third-order valence-corrected chi connectivity index (χ3v) is 5.49. The molecule has 0 saturated carbocycles. The van der Waals surface area contributed by atoms with Crippen LogP contribution in [0.4, 0.5) is 5.13 Å². The van der Waals surface area contributed by atoms with Gasteiger partial charge in [0.05, 0.1) is 18.1 Å². The summed E-state index contributed by atoms with van der Waals surface area (Å²) >= 11 is 1.50. The Morgan fingerprint density at radius 3 is 2.79 bits per heavy atom. The Morgan fingerprint density at radius 1 is 1.18 bits per heavy atom. The lowest BCUT2D eigenvalue weighted by Crippen LogP contribution is -2.32. The third kappa shape index (κ3) is 3.75. The van der Waals surface area contributed by atoms with Crippen molar-refractivity contribution in [3.63, 3.8) is 0 Å². The van der Waals surface area contributed by atoms with Gasteiger partial charge in [0.25, 0.3) is 5.91 Å². The molecule has 0 N–H and O–H groups in total. The zero-order valence-electron chi connectivity index (χ0n) is 15.5. The lowest BCUT2D eigenvalue weighted by Gasteiger charge is -2.20. The molecule has 0 radical (unpaired) electrons. The van der Waals surface area contributed by atoms with Crippen molar-refractivity contribution in [2.24, 2.45) is 0 Å². The largest absolute Gasteiger partial charge is 0.494 e. The van der Waals surface area contributed by atoms with Gasteiger partial charge in [0.2, 0.25) is 0 Å². The van der Waals surface area contributed by atoms with E-state index in [1.807, 2.05) is 59.3 Å². The second-order valence-electron chi connectivity index (χ2n) is 6.28. The van der Waals surface area contributed by atoms with Crippen LogP contribution in [0.1, 0.15) is 16.8 Å². The number of ether oxygens (including phenoxy) is 1. The average Bonchev–Trinajstić information content (AvgIpc) is 3.40. The van der Waals surface area contributed by atoms with Crippen LogP contribution in [0.2, 0.25) is 0 Å². The lowest BCUT2D eigenvalue weighted by molar-refractivity contribution is 0.0986. The van der Waals surface area contributed by atoms with Crippen LogP contribution in [0.25, 0.3) is 10.2 Å². The molecule has 2 aromatic heterocycles. The maximum Gasteiger partial charge on any atom is 0.260 e. The van der Waals surface area contributed by atoms with Gasteiger partial charge in [-0.2, -0.15) is 0 Å². The smallest absolute Gasteiger partial charge is 0.260 e. The van der Waals surface area contributed by atoms with E-state index in [9.17, 15) is 4.79 Å². The van der Waals surface area contributed by atoms with E-state index < -0.39 is 0 Å². The number of fused-ring (bicyclic) bond motifs is 1. The fraction of sp³-hybridized carbons (Fsp3) is 0.190. The number of hydrogen-bond acceptors (Lipinski definition) is 5. The molecule has 4 rings (SSSR count). The van der Waals surface area contributed by atoms with Gasteiger partial charge in [0.15, 0.2) is 5.13 Å². The normalized spacial score (nSPS) is 10.9. The summed E-state index contributed by atoms with van der Waals surface area (Å²) in [5, 5.41) is 0.680. The van der Waals surface area contributed by atoms with Crippen molar-refractivity contribution in [2.45, 2.75) is 13.0 Å². The number of para-hydroxylation sites is 1. The van der Waals surface area contributed by atoms with Crippen LogP contribution >= 0.6 is 11.3 Å². The fourth-order valence-electron chi connectivity index (χ4n) is 3.04. The number of thiazole rings is 1. The molecule has 6 nitrogen and oxygen atoms in total. The minimum atomic E-state index is -0.0516. The summed E-state index contributed by atoms with van der Waals surface area (Å²) in [5.41, 5.74) is 1.43. The zero-order chi connectivity index (χ0) is 19.3. The fourth-order valence-corrected chi connectivity index (χ4v) is 4.05. The molecule has 28 heavy (non-hydrogen) atoms. The van der Waals surface area contributed by atoms with Crippen molar-refractivity contribution in [1.82, 2.24) is 14.5 Å². The molecule has 1 amide bonds. The van der Waals surface area contributed by atoms with Gasteiger partial charge >= 0.3 is 0 Å². The van der Waals surface area contributed by atoms with Crippen LogP contribution in [-0.4, -0.2) is 34.1 Å². The second kappa shape index (κ2) is 8.22. The first-order valence-corrected chi connectivity index (χ1v) is 9.84. The topological polar surface area (TPSA) is 60.2 Å². The Labute approximate surface area is 167 Å². The number of amides is 1. The molecule has 2 heterocycles. The molecule has 0 bridgehead atoms. The monoisotopic (exact) mass is 392 g/mol. The van der Waals surface area contributed by atoms with E-state index >= 15 is 0 Å². The Balaban J connectivity index is 1.64. The van der Waals surface area contributed by atoms with Crippen LogP contribution in [0.3, 0.4) is 0 Å². The van der Waals surface area contributed by atoms with Crippen LogP contribution < -0.4 is 9.64 Å².